The van der Waals surface area contributed by atoms with Crippen molar-refractivity contribution in [2.75, 3.05) is 5.32 Å². The number of carbonyl (C=O) groups is 1. The molecule has 0 unspecified atom stereocenters. The SMILES string of the molecule is CC(C)c1[nH]nc(C(=O)Nc2cccc(-c3nnc4n3CCCCC4)c2)c1Br. The molecule has 0 aliphatic carbocycles. The number of nitrogens with one attached hydrogen (secondary N) is 2. The van der Waals surface area contributed by atoms with Gasteiger partial charge in [-0.25, -0.2) is 0 Å². The van der Waals surface area contributed by atoms with Crippen molar-refractivity contribution >= 4 is 27.5 Å². The largest absolute Gasteiger partial charge is 0.321 e. The molecule has 3 heterocycles. The highest BCUT2D eigenvalue weighted by atomic mass is 79.9. The molecule has 7 nitrogen and oxygen atoms in total. The number of halogens is 1. The first-order chi connectivity index (χ1) is 13.5. The van der Waals surface area contributed by atoms with Crippen molar-refractivity contribution in [1.82, 2.24) is 25.0 Å². The molecule has 0 fully saturated rings. The summed E-state index contributed by atoms with van der Waals surface area (Å²) < 4.78 is 2.91. The Labute approximate surface area is 172 Å². The molecule has 0 radical (unpaired) electrons. The van der Waals surface area contributed by atoms with Crippen LogP contribution in [-0.2, 0) is 13.0 Å². The van der Waals surface area contributed by atoms with Crippen molar-refractivity contribution in [3.63, 3.8) is 0 Å². The maximum Gasteiger partial charge on any atom is 0.277 e. The lowest BCUT2D eigenvalue weighted by atomic mass is 10.1. The van der Waals surface area contributed by atoms with Crippen LogP contribution < -0.4 is 5.32 Å². The number of amides is 1. The smallest absolute Gasteiger partial charge is 0.277 e. The molecule has 3 aromatic rings. The Hall–Kier alpha value is -2.48. The number of aryl methyl sites for hydroxylation is 1. The molecule has 1 aliphatic rings. The third-order valence-electron chi connectivity index (χ3n) is 5.01. The monoisotopic (exact) mass is 442 g/mol. The van der Waals surface area contributed by atoms with Gasteiger partial charge in [-0.05, 0) is 46.8 Å². The van der Waals surface area contributed by atoms with Gasteiger partial charge in [-0.3, -0.25) is 9.89 Å². The van der Waals surface area contributed by atoms with Gasteiger partial charge in [0.25, 0.3) is 5.91 Å². The molecule has 2 N–H and O–H groups in total. The Bertz CT molecular complexity index is 1010. The summed E-state index contributed by atoms with van der Waals surface area (Å²) in [6.45, 7) is 5.03. The summed E-state index contributed by atoms with van der Waals surface area (Å²) in [4.78, 5) is 12.7. The second-order valence-corrected chi connectivity index (χ2v) is 8.18. The molecule has 8 heteroatoms. The number of H-pyrrole nitrogens is 1. The van der Waals surface area contributed by atoms with Gasteiger partial charge in [0, 0.05) is 24.2 Å². The molecule has 1 amide bonds. The number of fused-ring (bicyclic) bond motifs is 1. The van der Waals surface area contributed by atoms with E-state index in [-0.39, 0.29) is 11.8 Å². The van der Waals surface area contributed by atoms with E-state index in [0.717, 1.165) is 48.7 Å². The summed E-state index contributed by atoms with van der Waals surface area (Å²) >= 11 is 3.48. The molecule has 0 saturated carbocycles. The van der Waals surface area contributed by atoms with Crippen LogP contribution in [0.25, 0.3) is 11.4 Å². The average Bonchev–Trinajstić information content (AvgIpc) is 3.18. The highest BCUT2D eigenvalue weighted by molar-refractivity contribution is 9.10. The van der Waals surface area contributed by atoms with Crippen LogP contribution in [0.1, 0.15) is 61.0 Å². The molecule has 1 aromatic carbocycles. The number of rotatable bonds is 4. The number of hydrogen-bond acceptors (Lipinski definition) is 4. The molecule has 0 atom stereocenters. The van der Waals surface area contributed by atoms with Gasteiger partial charge in [0.15, 0.2) is 11.5 Å². The predicted octanol–water partition coefficient (Wildman–Crippen LogP) is 4.53. The van der Waals surface area contributed by atoms with Crippen LogP contribution in [0.5, 0.6) is 0 Å². The first-order valence-electron chi connectivity index (χ1n) is 9.62. The van der Waals surface area contributed by atoms with Crippen molar-refractivity contribution in [1.29, 1.82) is 0 Å². The Kier molecular flexibility index (Phi) is 5.30. The summed E-state index contributed by atoms with van der Waals surface area (Å²) in [6.07, 6.45) is 4.48. The number of benzene rings is 1. The summed E-state index contributed by atoms with van der Waals surface area (Å²) in [5.41, 5.74) is 2.91. The summed E-state index contributed by atoms with van der Waals surface area (Å²) in [7, 11) is 0. The molecular formula is C20H23BrN6O. The van der Waals surface area contributed by atoms with E-state index in [1.54, 1.807) is 0 Å². The van der Waals surface area contributed by atoms with E-state index in [1.807, 2.05) is 38.1 Å². The average molecular weight is 443 g/mol. The van der Waals surface area contributed by atoms with Crippen LogP contribution in [0.3, 0.4) is 0 Å². The molecular weight excluding hydrogens is 420 g/mol. The summed E-state index contributed by atoms with van der Waals surface area (Å²) in [5, 5.41) is 18.8. The normalized spacial score (nSPS) is 14.0. The lowest BCUT2D eigenvalue weighted by Gasteiger charge is -2.09. The maximum atomic E-state index is 12.7. The van der Waals surface area contributed by atoms with Crippen LogP contribution in [0.4, 0.5) is 5.69 Å². The van der Waals surface area contributed by atoms with Crippen LogP contribution in [-0.4, -0.2) is 30.9 Å². The van der Waals surface area contributed by atoms with Crippen LogP contribution in [0, 0.1) is 0 Å². The van der Waals surface area contributed by atoms with Crippen molar-refractivity contribution < 1.29 is 4.79 Å². The minimum absolute atomic E-state index is 0.245. The molecule has 2 aromatic heterocycles. The van der Waals surface area contributed by atoms with Crippen LogP contribution in [0.2, 0.25) is 0 Å². The van der Waals surface area contributed by atoms with Gasteiger partial charge in [0.1, 0.15) is 5.82 Å². The third-order valence-corrected chi connectivity index (χ3v) is 5.82. The number of aromatic nitrogens is 5. The molecule has 0 bridgehead atoms. The number of carbonyl (C=O) groups excluding carboxylic acids is 1. The van der Waals surface area contributed by atoms with E-state index in [4.69, 9.17) is 0 Å². The van der Waals surface area contributed by atoms with E-state index >= 15 is 0 Å². The van der Waals surface area contributed by atoms with Crippen molar-refractivity contribution in [3.05, 3.63) is 46.0 Å². The molecule has 0 saturated heterocycles. The Balaban J connectivity index is 1.58. The van der Waals surface area contributed by atoms with E-state index < -0.39 is 0 Å². The minimum Gasteiger partial charge on any atom is -0.321 e. The van der Waals surface area contributed by atoms with E-state index in [0.29, 0.717) is 15.9 Å². The minimum atomic E-state index is -0.257. The molecule has 0 spiro atoms. The topological polar surface area (TPSA) is 88.5 Å². The standard InChI is InChI=1S/C20H23BrN6O/c1-12(2)17-16(21)18(25-24-17)20(28)22-14-8-6-7-13(11-14)19-26-23-15-9-4-3-5-10-27(15)19/h6-8,11-12H,3-5,9-10H2,1-2H3,(H,22,28)(H,24,25). The first kappa shape index (κ1) is 18.9. The molecule has 146 valence electrons. The van der Waals surface area contributed by atoms with Gasteiger partial charge >= 0.3 is 0 Å². The van der Waals surface area contributed by atoms with Gasteiger partial charge in [-0.1, -0.05) is 32.4 Å². The lowest BCUT2D eigenvalue weighted by molar-refractivity contribution is 0.102. The van der Waals surface area contributed by atoms with Crippen molar-refractivity contribution in [2.45, 2.75) is 52.0 Å². The molecule has 28 heavy (non-hydrogen) atoms. The predicted molar refractivity (Wildman–Crippen MR) is 111 cm³/mol. The van der Waals surface area contributed by atoms with E-state index in [2.05, 4.69) is 46.2 Å². The number of nitrogens with zero attached hydrogens (tertiary/aromatic N) is 4. The highest BCUT2D eigenvalue weighted by Crippen LogP contribution is 2.28. The number of aromatic amines is 1. The fraction of sp³-hybridized carbons (Fsp3) is 0.400. The van der Waals surface area contributed by atoms with Crippen LogP contribution >= 0.6 is 15.9 Å². The number of anilines is 1. The second kappa shape index (κ2) is 7.87. The quantitative estimate of drug-likeness (QED) is 0.620. The lowest BCUT2D eigenvalue weighted by Crippen LogP contribution is -2.13. The Morgan fingerprint density at radius 3 is 2.89 bits per heavy atom. The van der Waals surface area contributed by atoms with Gasteiger partial charge in [-0.15, -0.1) is 10.2 Å². The zero-order valence-electron chi connectivity index (χ0n) is 16.0. The zero-order chi connectivity index (χ0) is 19.7. The van der Waals surface area contributed by atoms with Crippen molar-refractivity contribution in [3.8, 4) is 11.4 Å². The summed E-state index contributed by atoms with van der Waals surface area (Å²) in [5.74, 6) is 1.89. The zero-order valence-corrected chi connectivity index (χ0v) is 17.6. The fourth-order valence-corrected chi connectivity index (χ4v) is 4.31. The first-order valence-corrected chi connectivity index (χ1v) is 10.4. The second-order valence-electron chi connectivity index (χ2n) is 7.39. The third kappa shape index (κ3) is 3.61. The van der Waals surface area contributed by atoms with Gasteiger partial charge < -0.3 is 9.88 Å². The van der Waals surface area contributed by atoms with Gasteiger partial charge in [0.05, 0.1) is 10.2 Å². The van der Waals surface area contributed by atoms with Gasteiger partial charge in [-0.2, -0.15) is 5.10 Å². The maximum absolute atomic E-state index is 12.7. The fourth-order valence-electron chi connectivity index (χ4n) is 3.50. The Morgan fingerprint density at radius 2 is 2.11 bits per heavy atom. The summed E-state index contributed by atoms with van der Waals surface area (Å²) in [6, 6.07) is 7.72. The van der Waals surface area contributed by atoms with Crippen LogP contribution in [0.15, 0.2) is 28.7 Å². The van der Waals surface area contributed by atoms with E-state index in [9.17, 15) is 4.79 Å². The van der Waals surface area contributed by atoms with Crippen molar-refractivity contribution in [2.24, 2.45) is 0 Å². The molecule has 1 aliphatic heterocycles. The van der Waals surface area contributed by atoms with E-state index in [1.165, 1.54) is 6.42 Å². The highest BCUT2D eigenvalue weighted by Gasteiger charge is 2.20. The number of hydrogen-bond donors (Lipinski definition) is 2. The Morgan fingerprint density at radius 1 is 1.25 bits per heavy atom. The van der Waals surface area contributed by atoms with Gasteiger partial charge in [0.2, 0.25) is 0 Å². The molecule has 4 rings (SSSR count).